The Balaban J connectivity index is 3.62. The van der Waals surface area contributed by atoms with Crippen molar-refractivity contribution in [1.82, 2.24) is 0 Å². The zero-order chi connectivity index (χ0) is 11.2. The Kier molecular flexibility index (Phi) is 6.24. The molecule has 4 nitrogen and oxygen atoms in total. The quantitative estimate of drug-likeness (QED) is 0.574. The molecule has 0 fully saturated rings. The van der Waals surface area contributed by atoms with Gasteiger partial charge in [0.15, 0.2) is 10.4 Å². The van der Waals surface area contributed by atoms with Crippen LogP contribution in [0.3, 0.4) is 0 Å². The first-order valence-corrected chi connectivity index (χ1v) is 4.77. The highest BCUT2D eigenvalue weighted by Crippen LogP contribution is 2.31. The van der Waals surface area contributed by atoms with E-state index >= 15 is 0 Å². The summed E-state index contributed by atoms with van der Waals surface area (Å²) in [4.78, 5) is 21.4. The molecule has 0 rings (SSSR count). The number of methoxy groups -OCH3 is 1. The van der Waals surface area contributed by atoms with Crippen LogP contribution in [-0.2, 0) is 19.1 Å². The van der Waals surface area contributed by atoms with E-state index < -0.39 is 22.3 Å². The average Bonchev–Trinajstić information content (AvgIpc) is 2.09. The molecule has 0 aromatic rings. The highest BCUT2D eigenvalue weighted by molar-refractivity contribution is 6.67. The van der Waals surface area contributed by atoms with Gasteiger partial charge in [0.05, 0.1) is 7.11 Å². The summed E-state index contributed by atoms with van der Waals surface area (Å²) in [6, 6.07) is 0. The summed E-state index contributed by atoms with van der Waals surface area (Å²) in [6.45, 7) is -0.421. The van der Waals surface area contributed by atoms with Crippen molar-refractivity contribution in [1.29, 1.82) is 0 Å². The Morgan fingerprint density at radius 2 is 1.79 bits per heavy atom. The number of ether oxygens (including phenoxy) is 2. The van der Waals surface area contributed by atoms with Crippen molar-refractivity contribution in [3.63, 3.8) is 0 Å². The fraction of sp³-hybridized carbons (Fsp3) is 0.714. The molecular formula is C7H9Cl3O4. The third-order valence-electron chi connectivity index (χ3n) is 1.19. The van der Waals surface area contributed by atoms with Gasteiger partial charge in [0.1, 0.15) is 0 Å². The summed E-state index contributed by atoms with van der Waals surface area (Å²) in [5, 5.41) is 0. The molecule has 0 saturated carbocycles. The zero-order valence-corrected chi connectivity index (χ0v) is 9.66. The van der Waals surface area contributed by atoms with Crippen LogP contribution in [0, 0.1) is 0 Å². The molecule has 0 aliphatic rings. The van der Waals surface area contributed by atoms with Gasteiger partial charge in [-0.1, -0.05) is 34.8 Å². The standard InChI is InChI=1S/C7H9Cl3O4/c1-13-6(12)4-14-5(11)2-3-7(8,9)10/h2-4H2,1H3. The maximum atomic E-state index is 10.9. The van der Waals surface area contributed by atoms with Gasteiger partial charge in [0.25, 0.3) is 0 Å². The Labute approximate surface area is 96.4 Å². The SMILES string of the molecule is COC(=O)COC(=O)CCC(Cl)(Cl)Cl. The Morgan fingerprint density at radius 1 is 1.21 bits per heavy atom. The molecule has 0 heterocycles. The lowest BCUT2D eigenvalue weighted by molar-refractivity contribution is -0.157. The van der Waals surface area contributed by atoms with Gasteiger partial charge in [-0.15, -0.1) is 0 Å². The van der Waals surface area contributed by atoms with Crippen molar-refractivity contribution in [2.75, 3.05) is 13.7 Å². The van der Waals surface area contributed by atoms with Crippen molar-refractivity contribution < 1.29 is 19.1 Å². The largest absolute Gasteiger partial charge is 0.466 e. The van der Waals surface area contributed by atoms with Gasteiger partial charge in [-0.2, -0.15) is 0 Å². The van der Waals surface area contributed by atoms with Crippen LogP contribution in [0.25, 0.3) is 0 Å². The Morgan fingerprint density at radius 3 is 2.21 bits per heavy atom. The molecule has 0 saturated heterocycles. The summed E-state index contributed by atoms with van der Waals surface area (Å²) in [5.74, 6) is -1.24. The highest BCUT2D eigenvalue weighted by atomic mass is 35.6. The van der Waals surface area contributed by atoms with Gasteiger partial charge in [-0.3, -0.25) is 4.79 Å². The molecule has 0 aromatic heterocycles. The molecule has 0 aliphatic carbocycles. The maximum Gasteiger partial charge on any atom is 0.344 e. The van der Waals surface area contributed by atoms with E-state index in [1.54, 1.807) is 0 Å². The number of hydrogen-bond donors (Lipinski definition) is 0. The number of hydrogen-bond acceptors (Lipinski definition) is 4. The van der Waals surface area contributed by atoms with Crippen LogP contribution in [-0.4, -0.2) is 29.4 Å². The number of alkyl halides is 3. The topological polar surface area (TPSA) is 52.6 Å². The number of halogens is 3. The lowest BCUT2D eigenvalue weighted by Crippen LogP contribution is -2.16. The Bertz CT molecular complexity index is 211. The first-order chi connectivity index (χ1) is 6.35. The van der Waals surface area contributed by atoms with Crippen molar-refractivity contribution in [3.05, 3.63) is 0 Å². The molecule has 0 aromatic carbocycles. The molecule has 0 radical (unpaired) electrons. The van der Waals surface area contributed by atoms with Crippen LogP contribution in [0.1, 0.15) is 12.8 Å². The molecule has 0 unspecified atom stereocenters. The lowest BCUT2D eigenvalue weighted by atomic mass is 10.3. The van der Waals surface area contributed by atoms with Crippen LogP contribution in [0.5, 0.6) is 0 Å². The summed E-state index contributed by atoms with van der Waals surface area (Å²) < 4.78 is 7.27. The molecule has 0 atom stereocenters. The molecule has 0 amide bonds. The third-order valence-corrected chi connectivity index (χ3v) is 1.76. The van der Waals surface area contributed by atoms with Crippen LogP contribution in [0.4, 0.5) is 0 Å². The highest BCUT2D eigenvalue weighted by Gasteiger charge is 2.21. The van der Waals surface area contributed by atoms with E-state index in [0.717, 1.165) is 0 Å². The second-order valence-electron chi connectivity index (χ2n) is 2.35. The van der Waals surface area contributed by atoms with E-state index in [-0.39, 0.29) is 12.8 Å². The predicted octanol–water partition coefficient (Wildman–Crippen LogP) is 1.85. The molecule has 7 heteroatoms. The summed E-state index contributed by atoms with van der Waals surface area (Å²) in [7, 11) is 1.19. The fourth-order valence-corrected chi connectivity index (χ4v) is 0.798. The van der Waals surface area contributed by atoms with Gasteiger partial charge < -0.3 is 9.47 Å². The molecule has 0 N–H and O–H groups in total. The van der Waals surface area contributed by atoms with E-state index in [0.29, 0.717) is 0 Å². The number of carbonyl (C=O) groups excluding carboxylic acids is 2. The second kappa shape index (κ2) is 6.32. The summed E-state index contributed by atoms with van der Waals surface area (Å²) in [6.07, 6.45) is -0.0227. The first kappa shape index (κ1) is 13.8. The lowest BCUT2D eigenvalue weighted by Gasteiger charge is -2.09. The normalized spacial score (nSPS) is 10.9. The minimum atomic E-state index is -1.48. The van der Waals surface area contributed by atoms with Gasteiger partial charge in [-0.05, 0) is 0 Å². The molecule has 82 valence electrons. The second-order valence-corrected chi connectivity index (χ2v) is 4.87. The molecular weight excluding hydrogens is 254 g/mol. The van der Waals surface area contributed by atoms with Crippen molar-refractivity contribution in [3.8, 4) is 0 Å². The van der Waals surface area contributed by atoms with E-state index in [4.69, 9.17) is 34.8 Å². The van der Waals surface area contributed by atoms with Crippen LogP contribution in [0.2, 0.25) is 0 Å². The fourth-order valence-electron chi connectivity index (χ4n) is 0.514. The summed E-state index contributed by atoms with van der Waals surface area (Å²) in [5.41, 5.74) is 0. The zero-order valence-electron chi connectivity index (χ0n) is 7.39. The van der Waals surface area contributed by atoms with Gasteiger partial charge >= 0.3 is 11.9 Å². The number of rotatable bonds is 4. The number of carbonyl (C=O) groups is 2. The Hall–Kier alpha value is -0.190. The minimum absolute atomic E-state index is 0.0394. The van der Waals surface area contributed by atoms with Gasteiger partial charge in [0.2, 0.25) is 0 Å². The first-order valence-electron chi connectivity index (χ1n) is 3.64. The van der Waals surface area contributed by atoms with Crippen LogP contribution in [0.15, 0.2) is 0 Å². The maximum absolute atomic E-state index is 10.9. The van der Waals surface area contributed by atoms with E-state index in [2.05, 4.69) is 9.47 Å². The van der Waals surface area contributed by atoms with Crippen LogP contribution >= 0.6 is 34.8 Å². The van der Waals surface area contributed by atoms with Crippen LogP contribution < -0.4 is 0 Å². The van der Waals surface area contributed by atoms with Gasteiger partial charge in [0, 0.05) is 12.8 Å². The molecule has 0 spiro atoms. The predicted molar refractivity (Wildman–Crippen MR) is 52.5 cm³/mol. The molecule has 0 bridgehead atoms. The summed E-state index contributed by atoms with van der Waals surface area (Å²) >= 11 is 16.2. The van der Waals surface area contributed by atoms with E-state index in [1.807, 2.05) is 0 Å². The van der Waals surface area contributed by atoms with Crippen molar-refractivity contribution in [2.24, 2.45) is 0 Å². The monoisotopic (exact) mass is 262 g/mol. The molecule has 0 aliphatic heterocycles. The van der Waals surface area contributed by atoms with Crippen molar-refractivity contribution in [2.45, 2.75) is 16.6 Å². The van der Waals surface area contributed by atoms with Crippen molar-refractivity contribution >= 4 is 46.7 Å². The average molecular weight is 264 g/mol. The number of esters is 2. The van der Waals surface area contributed by atoms with E-state index in [1.165, 1.54) is 7.11 Å². The van der Waals surface area contributed by atoms with E-state index in [9.17, 15) is 9.59 Å². The smallest absolute Gasteiger partial charge is 0.344 e. The minimum Gasteiger partial charge on any atom is -0.466 e. The third kappa shape index (κ3) is 8.41. The van der Waals surface area contributed by atoms with Gasteiger partial charge in [-0.25, -0.2) is 4.79 Å². The molecule has 14 heavy (non-hydrogen) atoms.